The molecule has 1 aromatic heterocycles. The second-order valence-electron chi connectivity index (χ2n) is 5.12. The van der Waals surface area contributed by atoms with Crippen molar-refractivity contribution in [2.24, 2.45) is 0 Å². The zero-order chi connectivity index (χ0) is 14.9. The van der Waals surface area contributed by atoms with Crippen molar-refractivity contribution >= 4 is 33.0 Å². The monoisotopic (exact) mass is 288 g/mol. The van der Waals surface area contributed by atoms with Gasteiger partial charge in [0.1, 0.15) is 4.88 Å². The molecular weight excluding hydrogens is 268 g/mol. The van der Waals surface area contributed by atoms with Crippen molar-refractivity contribution in [3.63, 3.8) is 0 Å². The summed E-state index contributed by atoms with van der Waals surface area (Å²) in [4.78, 5) is 15.0. The van der Waals surface area contributed by atoms with E-state index in [1.54, 1.807) is 4.90 Å². The van der Waals surface area contributed by atoms with Crippen LogP contribution >= 0.6 is 11.3 Å². The Labute approximate surface area is 123 Å². The van der Waals surface area contributed by atoms with Gasteiger partial charge >= 0.3 is 0 Å². The number of rotatable bonds is 4. The Balaban J connectivity index is 2.43. The van der Waals surface area contributed by atoms with Gasteiger partial charge in [0.15, 0.2) is 0 Å². The first-order valence-corrected chi connectivity index (χ1v) is 7.48. The molecular formula is C16H20N2OS. The van der Waals surface area contributed by atoms with Crippen LogP contribution in [0.15, 0.2) is 30.4 Å². The predicted octanol–water partition coefficient (Wildman–Crippen LogP) is 3.83. The van der Waals surface area contributed by atoms with E-state index in [0.717, 1.165) is 15.7 Å². The zero-order valence-corrected chi connectivity index (χ0v) is 13.0. The number of nitrogens with zero attached hydrogens (tertiary/aromatic N) is 1. The minimum atomic E-state index is -0.00754. The van der Waals surface area contributed by atoms with Gasteiger partial charge in [-0.05, 0) is 32.4 Å². The molecule has 2 rings (SSSR count). The molecule has 1 heterocycles. The molecule has 0 bridgehead atoms. The largest absolute Gasteiger partial charge is 0.397 e. The van der Waals surface area contributed by atoms with Crippen molar-refractivity contribution in [2.45, 2.75) is 20.8 Å². The number of carbonyl (C=O) groups excluding carboxylic acids is 1. The Kier molecular flexibility index (Phi) is 4.14. The zero-order valence-electron chi connectivity index (χ0n) is 12.2. The summed E-state index contributed by atoms with van der Waals surface area (Å²) < 4.78 is 1.07. The minimum Gasteiger partial charge on any atom is -0.397 e. The summed E-state index contributed by atoms with van der Waals surface area (Å²) in [7, 11) is 0. The third-order valence-electron chi connectivity index (χ3n) is 3.21. The van der Waals surface area contributed by atoms with Gasteiger partial charge in [-0.15, -0.1) is 11.3 Å². The number of nitrogens with two attached hydrogens (primary N) is 1. The van der Waals surface area contributed by atoms with Gasteiger partial charge in [0, 0.05) is 23.2 Å². The van der Waals surface area contributed by atoms with Crippen LogP contribution in [-0.4, -0.2) is 23.9 Å². The number of nitrogen functional groups attached to an aromatic ring is 1. The molecule has 1 aromatic carbocycles. The van der Waals surface area contributed by atoms with Gasteiger partial charge in [0.05, 0.1) is 5.69 Å². The predicted molar refractivity (Wildman–Crippen MR) is 87.4 cm³/mol. The molecule has 0 radical (unpaired) electrons. The van der Waals surface area contributed by atoms with E-state index < -0.39 is 0 Å². The van der Waals surface area contributed by atoms with E-state index in [-0.39, 0.29) is 5.91 Å². The molecule has 106 valence electrons. The van der Waals surface area contributed by atoms with E-state index >= 15 is 0 Å². The van der Waals surface area contributed by atoms with Crippen LogP contribution in [0.1, 0.15) is 29.1 Å². The van der Waals surface area contributed by atoms with Crippen LogP contribution < -0.4 is 5.73 Å². The minimum absolute atomic E-state index is 0.00754. The lowest BCUT2D eigenvalue weighted by molar-refractivity contribution is 0.0784. The summed E-state index contributed by atoms with van der Waals surface area (Å²) in [5.74, 6) is -0.00754. The van der Waals surface area contributed by atoms with Crippen molar-refractivity contribution < 1.29 is 4.79 Å². The fraction of sp³-hybridized carbons (Fsp3) is 0.312. The van der Waals surface area contributed by atoms with Crippen LogP contribution in [0.2, 0.25) is 0 Å². The van der Waals surface area contributed by atoms with Crippen LogP contribution in [0.4, 0.5) is 5.69 Å². The van der Waals surface area contributed by atoms with E-state index in [0.29, 0.717) is 23.7 Å². The summed E-state index contributed by atoms with van der Waals surface area (Å²) in [6.45, 7) is 11.0. The topological polar surface area (TPSA) is 46.3 Å². The Morgan fingerprint density at radius 3 is 2.75 bits per heavy atom. The number of likely N-dealkylation sites (N-methyl/N-ethyl adjacent to an activating group) is 1. The summed E-state index contributed by atoms with van der Waals surface area (Å²) in [5.41, 5.74) is 8.89. The maximum atomic E-state index is 12.6. The number of fused-ring (bicyclic) bond motifs is 1. The van der Waals surface area contributed by atoms with E-state index in [1.807, 2.05) is 32.9 Å². The number of hydrogen-bond acceptors (Lipinski definition) is 3. The normalized spacial score (nSPS) is 10.8. The maximum Gasteiger partial charge on any atom is 0.266 e. The molecule has 3 nitrogen and oxygen atoms in total. The lowest BCUT2D eigenvalue weighted by Crippen LogP contribution is -2.32. The number of amides is 1. The second-order valence-corrected chi connectivity index (χ2v) is 6.17. The molecule has 0 atom stereocenters. The molecule has 0 aliphatic heterocycles. The van der Waals surface area contributed by atoms with Crippen molar-refractivity contribution in [1.82, 2.24) is 4.90 Å². The lowest BCUT2D eigenvalue weighted by atomic mass is 10.1. The quantitative estimate of drug-likeness (QED) is 0.869. The first-order valence-electron chi connectivity index (χ1n) is 6.66. The van der Waals surface area contributed by atoms with E-state index in [4.69, 9.17) is 5.73 Å². The van der Waals surface area contributed by atoms with Gasteiger partial charge < -0.3 is 10.6 Å². The maximum absolute atomic E-state index is 12.6. The van der Waals surface area contributed by atoms with Crippen molar-refractivity contribution in [3.05, 3.63) is 40.8 Å². The third-order valence-corrected chi connectivity index (χ3v) is 4.36. The van der Waals surface area contributed by atoms with Gasteiger partial charge in [0.2, 0.25) is 0 Å². The number of aryl methyl sites for hydroxylation is 1. The highest BCUT2D eigenvalue weighted by molar-refractivity contribution is 7.21. The Hall–Kier alpha value is -1.81. The smallest absolute Gasteiger partial charge is 0.266 e. The number of hydrogen-bond donors (Lipinski definition) is 1. The standard InChI is InChI=1S/C16H20N2OS/c1-5-18(9-10(2)3)16(19)15-14(17)12-7-6-11(4)8-13(12)20-15/h6-8H,2,5,9,17H2,1,3-4H3. The molecule has 1 amide bonds. The molecule has 20 heavy (non-hydrogen) atoms. The van der Waals surface area contributed by atoms with Gasteiger partial charge in [-0.3, -0.25) is 4.79 Å². The number of carbonyl (C=O) groups is 1. The fourth-order valence-electron chi connectivity index (χ4n) is 2.18. The summed E-state index contributed by atoms with van der Waals surface area (Å²) in [6.07, 6.45) is 0. The molecule has 4 heteroatoms. The van der Waals surface area contributed by atoms with Gasteiger partial charge in [-0.25, -0.2) is 0 Å². The van der Waals surface area contributed by atoms with Gasteiger partial charge in [0.25, 0.3) is 5.91 Å². The average Bonchev–Trinajstić information content (AvgIpc) is 2.71. The molecule has 0 saturated carbocycles. The second kappa shape index (κ2) is 5.67. The van der Waals surface area contributed by atoms with Crippen LogP contribution in [0.5, 0.6) is 0 Å². The highest BCUT2D eigenvalue weighted by Gasteiger charge is 2.21. The van der Waals surface area contributed by atoms with Crippen molar-refractivity contribution in [3.8, 4) is 0 Å². The summed E-state index contributed by atoms with van der Waals surface area (Å²) in [6, 6.07) is 6.08. The Morgan fingerprint density at radius 2 is 2.15 bits per heavy atom. The highest BCUT2D eigenvalue weighted by Crippen LogP contribution is 2.35. The molecule has 0 unspecified atom stereocenters. The van der Waals surface area contributed by atoms with E-state index in [9.17, 15) is 4.79 Å². The number of anilines is 1. The number of benzene rings is 1. The van der Waals surface area contributed by atoms with Crippen molar-refractivity contribution in [2.75, 3.05) is 18.8 Å². The first kappa shape index (κ1) is 14.6. The summed E-state index contributed by atoms with van der Waals surface area (Å²) in [5, 5.41) is 0.968. The lowest BCUT2D eigenvalue weighted by Gasteiger charge is -2.20. The fourth-order valence-corrected chi connectivity index (χ4v) is 3.37. The molecule has 2 N–H and O–H groups in total. The average molecular weight is 288 g/mol. The van der Waals surface area contributed by atoms with E-state index in [1.165, 1.54) is 16.9 Å². The van der Waals surface area contributed by atoms with Gasteiger partial charge in [-0.2, -0.15) is 0 Å². The summed E-state index contributed by atoms with van der Waals surface area (Å²) >= 11 is 1.47. The van der Waals surface area contributed by atoms with Crippen LogP contribution in [0, 0.1) is 6.92 Å². The molecule has 0 aliphatic carbocycles. The van der Waals surface area contributed by atoms with Gasteiger partial charge in [-0.1, -0.05) is 24.3 Å². The molecule has 2 aromatic rings. The van der Waals surface area contributed by atoms with Crippen molar-refractivity contribution in [1.29, 1.82) is 0 Å². The Morgan fingerprint density at radius 1 is 1.45 bits per heavy atom. The SMILES string of the molecule is C=C(C)CN(CC)C(=O)c1sc2cc(C)ccc2c1N. The Bertz CT molecular complexity index is 672. The molecule has 0 saturated heterocycles. The molecule has 0 spiro atoms. The van der Waals surface area contributed by atoms with Crippen LogP contribution in [0.3, 0.4) is 0 Å². The third kappa shape index (κ3) is 2.70. The van der Waals surface area contributed by atoms with Crippen LogP contribution in [-0.2, 0) is 0 Å². The number of thiophene rings is 1. The molecule has 0 fully saturated rings. The molecule has 0 aliphatic rings. The van der Waals surface area contributed by atoms with Crippen LogP contribution in [0.25, 0.3) is 10.1 Å². The van der Waals surface area contributed by atoms with E-state index in [2.05, 4.69) is 12.6 Å². The highest BCUT2D eigenvalue weighted by atomic mass is 32.1. The first-order chi connectivity index (χ1) is 9.43.